The lowest BCUT2D eigenvalue weighted by atomic mass is 10.3. The molecule has 1 aromatic rings. The van der Waals surface area contributed by atoms with Crippen molar-refractivity contribution in [1.82, 2.24) is 9.55 Å². The van der Waals surface area contributed by atoms with Crippen LogP contribution in [0.4, 0.5) is 0 Å². The number of hydrogen-bond acceptors (Lipinski definition) is 2. The molecule has 0 saturated carbocycles. The predicted octanol–water partition coefficient (Wildman–Crippen LogP) is 3.44. The number of thioether (sulfide) groups is 1. The normalized spacial score (nSPS) is 10.8. The van der Waals surface area contributed by atoms with Crippen molar-refractivity contribution in [2.45, 2.75) is 37.2 Å². The van der Waals surface area contributed by atoms with Gasteiger partial charge in [-0.1, -0.05) is 31.5 Å². The van der Waals surface area contributed by atoms with Gasteiger partial charge in [0, 0.05) is 12.8 Å². The molecule has 0 radical (unpaired) electrons. The van der Waals surface area contributed by atoms with Crippen LogP contribution in [-0.2, 0) is 12.9 Å². The van der Waals surface area contributed by atoms with Gasteiger partial charge in [-0.15, -0.1) is 11.6 Å². The molecule has 80 valence electrons. The third-order valence-corrected chi connectivity index (χ3v) is 3.56. The molecule has 0 spiro atoms. The number of rotatable bonds is 6. The summed E-state index contributed by atoms with van der Waals surface area (Å²) in [7, 11) is 2.02. The van der Waals surface area contributed by atoms with E-state index in [4.69, 9.17) is 11.6 Å². The molecule has 0 aliphatic heterocycles. The summed E-state index contributed by atoms with van der Waals surface area (Å²) in [6, 6.07) is 0. The molecule has 14 heavy (non-hydrogen) atoms. The molecule has 0 unspecified atom stereocenters. The number of imidazole rings is 1. The van der Waals surface area contributed by atoms with Crippen LogP contribution in [0.3, 0.4) is 0 Å². The van der Waals surface area contributed by atoms with E-state index in [1.54, 1.807) is 0 Å². The van der Waals surface area contributed by atoms with Crippen LogP contribution in [0.15, 0.2) is 11.4 Å². The summed E-state index contributed by atoms with van der Waals surface area (Å²) >= 11 is 7.58. The fraction of sp³-hybridized carbons (Fsp3) is 0.700. The Morgan fingerprint density at radius 3 is 2.86 bits per heavy atom. The van der Waals surface area contributed by atoms with Crippen molar-refractivity contribution in [1.29, 1.82) is 0 Å². The first-order chi connectivity index (χ1) is 6.79. The third-order valence-electron chi connectivity index (χ3n) is 2.16. The van der Waals surface area contributed by atoms with Gasteiger partial charge in [0.1, 0.15) is 0 Å². The molecule has 0 atom stereocenters. The number of hydrogen-bond donors (Lipinski definition) is 0. The monoisotopic (exact) mass is 232 g/mol. The Hall–Kier alpha value is -0.150. The summed E-state index contributed by atoms with van der Waals surface area (Å²) in [6.07, 6.45) is 5.70. The van der Waals surface area contributed by atoms with Crippen molar-refractivity contribution in [3.63, 3.8) is 0 Å². The van der Waals surface area contributed by atoms with Crippen LogP contribution in [0.1, 0.15) is 31.9 Å². The average Bonchev–Trinajstić information content (AvgIpc) is 2.55. The Bertz CT molecular complexity index is 273. The summed E-state index contributed by atoms with van der Waals surface area (Å²) in [5.41, 5.74) is 1.09. The molecule has 4 heteroatoms. The zero-order chi connectivity index (χ0) is 10.4. The van der Waals surface area contributed by atoms with Crippen LogP contribution in [0, 0.1) is 0 Å². The Labute approximate surface area is 95.1 Å². The highest BCUT2D eigenvalue weighted by atomic mass is 35.5. The van der Waals surface area contributed by atoms with Crippen LogP contribution in [0.5, 0.6) is 0 Å². The Morgan fingerprint density at radius 1 is 1.50 bits per heavy atom. The zero-order valence-corrected chi connectivity index (χ0v) is 10.4. The van der Waals surface area contributed by atoms with E-state index >= 15 is 0 Å². The van der Waals surface area contributed by atoms with E-state index in [2.05, 4.69) is 16.5 Å². The summed E-state index contributed by atoms with van der Waals surface area (Å²) in [5.74, 6) is 1.69. The Balaban J connectivity index is 2.39. The lowest BCUT2D eigenvalue weighted by molar-refractivity contribution is 0.751. The van der Waals surface area contributed by atoms with Crippen LogP contribution in [-0.4, -0.2) is 15.3 Å². The van der Waals surface area contributed by atoms with Gasteiger partial charge < -0.3 is 4.57 Å². The largest absolute Gasteiger partial charge is 0.325 e. The van der Waals surface area contributed by atoms with Gasteiger partial charge in [0.2, 0.25) is 0 Å². The van der Waals surface area contributed by atoms with Gasteiger partial charge in [-0.3, -0.25) is 0 Å². The van der Waals surface area contributed by atoms with E-state index in [0.717, 1.165) is 16.6 Å². The molecule has 1 heterocycles. The quantitative estimate of drug-likeness (QED) is 0.425. The second-order valence-corrected chi connectivity index (χ2v) is 4.61. The second-order valence-electron chi connectivity index (χ2n) is 3.28. The number of alkyl halides is 1. The van der Waals surface area contributed by atoms with Crippen molar-refractivity contribution >= 4 is 23.4 Å². The first kappa shape index (κ1) is 11.9. The molecule has 0 aliphatic rings. The molecule has 0 aliphatic carbocycles. The highest BCUT2D eigenvalue weighted by Gasteiger charge is 2.04. The van der Waals surface area contributed by atoms with Crippen LogP contribution in [0.2, 0.25) is 0 Å². The summed E-state index contributed by atoms with van der Waals surface area (Å²) in [4.78, 5) is 4.33. The highest BCUT2D eigenvalue weighted by Crippen LogP contribution is 2.19. The topological polar surface area (TPSA) is 17.8 Å². The molecule has 0 fully saturated rings. The van der Waals surface area contributed by atoms with E-state index in [-0.39, 0.29) is 0 Å². The second kappa shape index (κ2) is 6.36. The molecule has 0 N–H and O–H groups in total. The van der Waals surface area contributed by atoms with Gasteiger partial charge in [0.05, 0.1) is 17.8 Å². The maximum atomic E-state index is 5.76. The van der Waals surface area contributed by atoms with Crippen molar-refractivity contribution in [3.8, 4) is 0 Å². The van der Waals surface area contributed by atoms with E-state index in [9.17, 15) is 0 Å². The molecular formula is C10H17ClN2S. The molecule has 2 nitrogen and oxygen atoms in total. The lowest BCUT2D eigenvalue weighted by Crippen LogP contribution is -1.95. The molecule has 1 rings (SSSR count). The molecule has 0 aromatic carbocycles. The lowest BCUT2D eigenvalue weighted by Gasteiger charge is -2.02. The predicted molar refractivity (Wildman–Crippen MR) is 63.0 cm³/mol. The number of nitrogens with zero attached hydrogens (tertiary/aromatic N) is 2. The Kier molecular flexibility index (Phi) is 5.41. The van der Waals surface area contributed by atoms with Crippen LogP contribution in [0.25, 0.3) is 0 Å². The maximum Gasteiger partial charge on any atom is 0.167 e. The van der Waals surface area contributed by atoms with Crippen molar-refractivity contribution in [2.24, 2.45) is 7.05 Å². The fourth-order valence-corrected chi connectivity index (χ4v) is 2.42. The van der Waals surface area contributed by atoms with Crippen molar-refractivity contribution < 1.29 is 0 Å². The van der Waals surface area contributed by atoms with Gasteiger partial charge in [-0.2, -0.15) is 0 Å². The molecule has 0 saturated heterocycles. The van der Waals surface area contributed by atoms with Crippen LogP contribution < -0.4 is 0 Å². The molecule has 0 amide bonds. The Morgan fingerprint density at radius 2 is 2.29 bits per heavy atom. The highest BCUT2D eigenvalue weighted by molar-refractivity contribution is 7.99. The van der Waals surface area contributed by atoms with Gasteiger partial charge >= 0.3 is 0 Å². The minimum absolute atomic E-state index is 0.541. The minimum Gasteiger partial charge on any atom is -0.325 e. The number of aromatic nitrogens is 2. The summed E-state index contributed by atoms with van der Waals surface area (Å²) in [6.45, 7) is 2.22. The minimum atomic E-state index is 0.541. The smallest absolute Gasteiger partial charge is 0.167 e. The number of unbranched alkanes of at least 4 members (excludes halogenated alkanes) is 2. The van der Waals surface area contributed by atoms with Crippen molar-refractivity contribution in [3.05, 3.63) is 11.9 Å². The van der Waals surface area contributed by atoms with Gasteiger partial charge in [0.15, 0.2) is 5.16 Å². The molecule has 0 bridgehead atoms. The van der Waals surface area contributed by atoms with Gasteiger partial charge in [-0.25, -0.2) is 4.98 Å². The third kappa shape index (κ3) is 3.21. The SMILES string of the molecule is CCCCCSc1ncc(CCl)n1C. The summed E-state index contributed by atoms with van der Waals surface area (Å²) in [5, 5.41) is 1.08. The van der Waals surface area contributed by atoms with E-state index in [1.165, 1.54) is 19.3 Å². The first-order valence-corrected chi connectivity index (χ1v) is 6.51. The van der Waals surface area contributed by atoms with Crippen LogP contribution >= 0.6 is 23.4 Å². The van der Waals surface area contributed by atoms with Gasteiger partial charge in [-0.05, 0) is 6.42 Å². The average molecular weight is 233 g/mol. The standard InChI is InChI=1S/C10H17ClN2S/c1-3-4-5-6-14-10-12-8-9(7-11)13(10)2/h8H,3-7H2,1-2H3. The maximum absolute atomic E-state index is 5.76. The number of halogens is 1. The first-order valence-electron chi connectivity index (χ1n) is 4.99. The van der Waals surface area contributed by atoms with E-state index in [0.29, 0.717) is 5.88 Å². The molecule has 1 aromatic heterocycles. The summed E-state index contributed by atoms with van der Waals surface area (Å²) < 4.78 is 2.07. The fourth-order valence-electron chi connectivity index (χ4n) is 1.20. The van der Waals surface area contributed by atoms with Crippen molar-refractivity contribution in [2.75, 3.05) is 5.75 Å². The van der Waals surface area contributed by atoms with E-state index < -0.39 is 0 Å². The van der Waals surface area contributed by atoms with Gasteiger partial charge in [0.25, 0.3) is 0 Å². The zero-order valence-electron chi connectivity index (χ0n) is 8.79. The molecular weight excluding hydrogens is 216 g/mol. The van der Waals surface area contributed by atoms with E-state index in [1.807, 2.05) is 25.0 Å².